The fourth-order valence-electron chi connectivity index (χ4n) is 4.04. The Kier molecular flexibility index (Phi) is 10.4. The van der Waals surface area contributed by atoms with Crippen LogP contribution in [0.1, 0.15) is 28.1 Å². The van der Waals surface area contributed by atoms with Crippen LogP contribution in [0.3, 0.4) is 0 Å². The van der Waals surface area contributed by atoms with Gasteiger partial charge in [0.05, 0.1) is 12.0 Å². The van der Waals surface area contributed by atoms with E-state index in [1.807, 2.05) is 36.4 Å². The molecule has 1 saturated heterocycles. The summed E-state index contributed by atoms with van der Waals surface area (Å²) >= 11 is 1.53. The molecule has 0 saturated carbocycles. The summed E-state index contributed by atoms with van der Waals surface area (Å²) in [7, 11) is 5.78. The summed E-state index contributed by atoms with van der Waals surface area (Å²) in [5.74, 6) is -1.91. The Morgan fingerprint density at radius 3 is 2.28 bits per heavy atom. The Morgan fingerprint density at radius 2 is 1.72 bits per heavy atom. The van der Waals surface area contributed by atoms with Gasteiger partial charge in [0.15, 0.2) is 0 Å². The maximum Gasteiger partial charge on any atom is 0.490 e. The van der Waals surface area contributed by atoms with Crippen LogP contribution in [0.5, 0.6) is 5.75 Å². The number of rotatable bonds is 7. The van der Waals surface area contributed by atoms with Gasteiger partial charge in [0.25, 0.3) is 5.91 Å². The number of carbonyl (C=O) groups is 2. The van der Waals surface area contributed by atoms with Crippen molar-refractivity contribution in [2.75, 3.05) is 39.2 Å². The first-order valence-electron chi connectivity index (χ1n) is 12.3. The van der Waals surface area contributed by atoms with Gasteiger partial charge in [-0.05, 0) is 60.4 Å². The van der Waals surface area contributed by atoms with Gasteiger partial charge >= 0.3 is 12.1 Å². The lowest BCUT2D eigenvalue weighted by atomic mass is 10.0. The van der Waals surface area contributed by atoms with E-state index in [4.69, 9.17) is 14.6 Å². The molecule has 1 amide bonds. The lowest BCUT2D eigenvalue weighted by Crippen LogP contribution is -2.44. The van der Waals surface area contributed by atoms with E-state index < -0.39 is 12.1 Å². The van der Waals surface area contributed by atoms with E-state index in [1.165, 1.54) is 22.6 Å². The maximum absolute atomic E-state index is 12.8. The minimum absolute atomic E-state index is 0.0295. The first-order valence-corrected chi connectivity index (χ1v) is 13.1. The molecule has 0 aliphatic carbocycles. The second-order valence-corrected chi connectivity index (χ2v) is 10.4. The Balaban J connectivity index is 0.000000532. The second-order valence-electron chi connectivity index (χ2n) is 9.28. The smallest absolute Gasteiger partial charge is 0.490 e. The van der Waals surface area contributed by atoms with Gasteiger partial charge in [0.1, 0.15) is 5.75 Å². The van der Waals surface area contributed by atoms with E-state index in [0.29, 0.717) is 0 Å². The molecule has 1 aliphatic heterocycles. The highest BCUT2D eigenvalue weighted by atomic mass is 32.1. The number of amides is 1. The highest BCUT2D eigenvalue weighted by molar-refractivity contribution is 7.17. The molecule has 2 N–H and O–H groups in total. The summed E-state index contributed by atoms with van der Waals surface area (Å²) in [6, 6.07) is 20.9. The van der Waals surface area contributed by atoms with Crippen LogP contribution in [0.4, 0.5) is 18.9 Å². The van der Waals surface area contributed by atoms with Crippen molar-refractivity contribution in [2.45, 2.75) is 31.6 Å². The number of hydrogen-bond donors (Lipinski definition) is 2. The third-order valence-electron chi connectivity index (χ3n) is 6.21. The minimum atomic E-state index is -5.08. The number of alkyl halides is 3. The number of halogens is 3. The molecular formula is C28H32F3N3O4S. The van der Waals surface area contributed by atoms with Crippen LogP contribution in [0.2, 0.25) is 0 Å². The molecular weight excluding hydrogens is 531 g/mol. The van der Waals surface area contributed by atoms with Crippen LogP contribution >= 0.6 is 11.3 Å². The van der Waals surface area contributed by atoms with Gasteiger partial charge in [0.2, 0.25) is 0 Å². The van der Waals surface area contributed by atoms with Gasteiger partial charge in [-0.1, -0.05) is 24.3 Å². The predicted octanol–water partition coefficient (Wildman–Crippen LogP) is 5.52. The molecule has 0 bridgehead atoms. The van der Waals surface area contributed by atoms with Crippen molar-refractivity contribution < 1.29 is 32.6 Å². The number of anilines is 1. The quantitative estimate of drug-likeness (QED) is 0.394. The van der Waals surface area contributed by atoms with Crippen molar-refractivity contribution in [2.24, 2.45) is 0 Å². The van der Waals surface area contributed by atoms with Crippen molar-refractivity contribution in [3.05, 3.63) is 71.1 Å². The summed E-state index contributed by atoms with van der Waals surface area (Å²) in [6.07, 6.45) is -3.12. The molecule has 210 valence electrons. The molecule has 0 spiro atoms. The van der Waals surface area contributed by atoms with Crippen LogP contribution < -0.4 is 15.0 Å². The zero-order valence-corrected chi connectivity index (χ0v) is 22.8. The molecule has 7 nitrogen and oxygen atoms in total. The lowest BCUT2D eigenvalue weighted by molar-refractivity contribution is -0.192. The van der Waals surface area contributed by atoms with E-state index in [-0.39, 0.29) is 11.9 Å². The number of hydrogen-bond acceptors (Lipinski definition) is 6. The fraction of sp³-hybridized carbons (Fsp3) is 0.357. The molecule has 2 aromatic carbocycles. The summed E-state index contributed by atoms with van der Waals surface area (Å²) in [6.45, 7) is 2.96. The Hall–Kier alpha value is -3.57. The lowest BCUT2D eigenvalue weighted by Gasteiger charge is -2.32. The zero-order valence-electron chi connectivity index (χ0n) is 22.0. The van der Waals surface area contributed by atoms with Gasteiger partial charge < -0.3 is 20.1 Å². The Morgan fingerprint density at radius 1 is 1.08 bits per heavy atom. The molecule has 1 fully saturated rings. The average Bonchev–Trinajstić information content (AvgIpc) is 3.41. The number of carboxylic acid groups (broad SMARTS) is 1. The number of nitrogens with one attached hydrogen (secondary N) is 1. The molecule has 4 rings (SSSR count). The van der Waals surface area contributed by atoms with Crippen molar-refractivity contribution in [3.8, 4) is 16.2 Å². The van der Waals surface area contributed by atoms with E-state index in [0.717, 1.165) is 53.5 Å². The zero-order chi connectivity index (χ0) is 28.6. The Labute approximate surface area is 229 Å². The molecule has 3 aromatic rings. The molecule has 0 radical (unpaired) electrons. The first-order chi connectivity index (χ1) is 18.5. The van der Waals surface area contributed by atoms with Crippen LogP contribution in [-0.2, 0) is 11.3 Å². The van der Waals surface area contributed by atoms with Gasteiger partial charge in [-0.3, -0.25) is 9.69 Å². The summed E-state index contributed by atoms with van der Waals surface area (Å²) < 4.78 is 37.0. The monoisotopic (exact) mass is 563 g/mol. The minimum Gasteiger partial charge on any atom is -0.497 e. The van der Waals surface area contributed by atoms with Gasteiger partial charge in [0, 0.05) is 50.3 Å². The molecule has 2 heterocycles. The summed E-state index contributed by atoms with van der Waals surface area (Å²) in [4.78, 5) is 28.1. The van der Waals surface area contributed by atoms with Crippen molar-refractivity contribution in [1.29, 1.82) is 0 Å². The van der Waals surface area contributed by atoms with Crippen LogP contribution in [0.25, 0.3) is 10.4 Å². The average molecular weight is 564 g/mol. The number of carboxylic acids is 1. The normalized spacial score (nSPS) is 14.2. The molecule has 1 aromatic heterocycles. The highest BCUT2D eigenvalue weighted by Crippen LogP contribution is 2.30. The third kappa shape index (κ3) is 9.00. The largest absolute Gasteiger partial charge is 0.497 e. The predicted molar refractivity (Wildman–Crippen MR) is 147 cm³/mol. The van der Waals surface area contributed by atoms with Gasteiger partial charge in [-0.15, -0.1) is 11.3 Å². The number of benzene rings is 2. The summed E-state index contributed by atoms with van der Waals surface area (Å²) in [5.41, 5.74) is 3.63. The van der Waals surface area contributed by atoms with Crippen molar-refractivity contribution in [3.63, 3.8) is 0 Å². The number of nitrogens with zero attached hydrogens (tertiary/aromatic N) is 2. The molecule has 0 unspecified atom stereocenters. The van der Waals surface area contributed by atoms with Gasteiger partial charge in [-0.2, -0.15) is 13.2 Å². The molecule has 39 heavy (non-hydrogen) atoms. The third-order valence-corrected chi connectivity index (χ3v) is 7.34. The molecule has 0 atom stereocenters. The first kappa shape index (κ1) is 30.0. The van der Waals surface area contributed by atoms with Crippen molar-refractivity contribution >= 4 is 28.9 Å². The second kappa shape index (κ2) is 13.5. The number of methoxy groups -OCH3 is 1. The molecule has 1 aliphatic rings. The maximum atomic E-state index is 12.8. The number of likely N-dealkylation sites (tertiary alicyclic amines) is 1. The van der Waals surface area contributed by atoms with E-state index >= 15 is 0 Å². The topological polar surface area (TPSA) is 82.1 Å². The van der Waals surface area contributed by atoms with E-state index in [9.17, 15) is 18.0 Å². The number of ether oxygens (including phenoxy) is 1. The van der Waals surface area contributed by atoms with Gasteiger partial charge in [-0.25, -0.2) is 4.79 Å². The Bertz CT molecular complexity index is 1240. The van der Waals surface area contributed by atoms with E-state index in [2.05, 4.69) is 53.5 Å². The van der Waals surface area contributed by atoms with Crippen LogP contribution in [-0.4, -0.2) is 68.4 Å². The van der Waals surface area contributed by atoms with Crippen LogP contribution in [0, 0.1) is 0 Å². The standard InChI is InChI=1S/C26H31N3O2S.C2HF3O2/c1-28(2)22-9-7-19(8-10-22)18-29-15-13-21(14-16-29)27-26(30)25-12-11-24(32-25)20-5-4-6-23(17-20)31-3;3-2(4,5)1(6)7/h4-12,17,21H,13-16,18H2,1-3H3,(H,27,30);(H,6,7). The number of aliphatic carboxylic acids is 1. The van der Waals surface area contributed by atoms with E-state index in [1.54, 1.807) is 7.11 Å². The number of thiophene rings is 1. The van der Waals surface area contributed by atoms with Crippen LogP contribution in [0.15, 0.2) is 60.7 Å². The number of carbonyl (C=O) groups excluding carboxylic acids is 1. The summed E-state index contributed by atoms with van der Waals surface area (Å²) in [5, 5.41) is 10.4. The van der Waals surface area contributed by atoms with Crippen molar-refractivity contribution in [1.82, 2.24) is 10.2 Å². The highest BCUT2D eigenvalue weighted by Gasteiger charge is 2.38. The SMILES string of the molecule is COc1cccc(-c2ccc(C(=O)NC3CCN(Cc4ccc(N(C)C)cc4)CC3)s2)c1.O=C(O)C(F)(F)F. The fourth-order valence-corrected chi connectivity index (χ4v) is 4.95. The molecule has 11 heteroatoms. The number of piperidine rings is 1.